The highest BCUT2D eigenvalue weighted by Crippen LogP contribution is 2.34. The smallest absolute Gasteiger partial charge is 0.337 e. The Bertz CT molecular complexity index is 933. The number of ether oxygens (including phenoxy) is 1. The van der Waals surface area contributed by atoms with Crippen LogP contribution in [0, 0.1) is 0 Å². The van der Waals surface area contributed by atoms with E-state index < -0.39 is 21.4 Å². The number of nitrogens with one attached hydrogen (secondary N) is 1. The third kappa shape index (κ3) is 4.44. The first-order valence-electron chi connectivity index (χ1n) is 7.40. The van der Waals surface area contributed by atoms with Crippen molar-refractivity contribution in [2.75, 3.05) is 11.8 Å². The lowest BCUT2D eigenvalue weighted by Crippen LogP contribution is -2.19. The summed E-state index contributed by atoms with van der Waals surface area (Å²) in [5.41, 5.74) is 0.187. The fourth-order valence-electron chi connectivity index (χ4n) is 2.16. The number of hydrogen-bond acceptors (Lipinski definition) is 6. The van der Waals surface area contributed by atoms with E-state index in [1.165, 1.54) is 31.4 Å². The molecule has 0 saturated carbocycles. The number of halogens is 2. The van der Waals surface area contributed by atoms with Crippen LogP contribution < -0.4 is 4.72 Å². The first-order chi connectivity index (χ1) is 12.0. The van der Waals surface area contributed by atoms with Crippen LogP contribution in [0.15, 0.2) is 29.2 Å². The third-order valence-corrected chi connectivity index (χ3v) is 5.23. The minimum atomic E-state index is -4.06. The van der Waals surface area contributed by atoms with Crippen molar-refractivity contribution in [1.29, 1.82) is 0 Å². The molecule has 0 radical (unpaired) electrons. The highest BCUT2D eigenvalue weighted by atomic mass is 35.5. The molecule has 0 spiro atoms. The van der Waals surface area contributed by atoms with Gasteiger partial charge in [-0.2, -0.15) is 9.97 Å². The molecule has 0 atom stereocenters. The molecule has 1 aromatic heterocycles. The molecular weight excluding hydrogens is 401 g/mol. The Morgan fingerprint density at radius 1 is 1.15 bits per heavy atom. The highest BCUT2D eigenvalue weighted by molar-refractivity contribution is 7.92. The zero-order chi connectivity index (χ0) is 19.7. The van der Waals surface area contributed by atoms with Crippen LogP contribution in [-0.2, 0) is 20.2 Å². The maximum Gasteiger partial charge on any atom is 0.337 e. The zero-order valence-corrected chi connectivity index (χ0v) is 16.8. The maximum atomic E-state index is 12.5. The van der Waals surface area contributed by atoms with Crippen molar-refractivity contribution in [2.45, 2.75) is 31.1 Å². The first-order valence-corrected chi connectivity index (χ1v) is 9.64. The van der Waals surface area contributed by atoms with E-state index in [0.717, 1.165) is 0 Å². The Morgan fingerprint density at radius 2 is 1.73 bits per heavy atom. The van der Waals surface area contributed by atoms with Gasteiger partial charge in [0.2, 0.25) is 5.95 Å². The van der Waals surface area contributed by atoms with Crippen LogP contribution in [-0.4, -0.2) is 31.5 Å². The largest absolute Gasteiger partial charge is 0.465 e. The van der Waals surface area contributed by atoms with Gasteiger partial charge in [0.05, 0.1) is 17.6 Å². The lowest BCUT2D eigenvalue weighted by Gasteiger charge is -2.21. The van der Waals surface area contributed by atoms with E-state index >= 15 is 0 Å². The number of aromatic nitrogens is 2. The van der Waals surface area contributed by atoms with Crippen molar-refractivity contribution in [3.63, 3.8) is 0 Å². The van der Waals surface area contributed by atoms with Crippen LogP contribution in [0.4, 0.5) is 5.95 Å². The molecule has 140 valence electrons. The van der Waals surface area contributed by atoms with E-state index in [1.807, 2.05) is 20.8 Å². The molecule has 1 heterocycles. The second-order valence-electron chi connectivity index (χ2n) is 6.38. The molecule has 0 bridgehead atoms. The molecule has 0 saturated heterocycles. The number of rotatable bonds is 4. The number of benzene rings is 1. The Morgan fingerprint density at radius 3 is 2.23 bits per heavy atom. The van der Waals surface area contributed by atoms with Gasteiger partial charge in [-0.1, -0.05) is 50.0 Å². The van der Waals surface area contributed by atoms with Crippen molar-refractivity contribution in [1.82, 2.24) is 9.97 Å². The van der Waals surface area contributed by atoms with Crippen LogP contribution >= 0.6 is 23.2 Å². The summed E-state index contributed by atoms with van der Waals surface area (Å²) in [5.74, 6) is -0.921. The molecule has 0 aliphatic carbocycles. The van der Waals surface area contributed by atoms with Gasteiger partial charge in [0.1, 0.15) is 10.3 Å². The zero-order valence-electron chi connectivity index (χ0n) is 14.5. The summed E-state index contributed by atoms with van der Waals surface area (Å²) in [6, 6.07) is 5.36. The molecule has 1 aromatic carbocycles. The molecule has 0 amide bonds. The van der Waals surface area contributed by atoms with Gasteiger partial charge < -0.3 is 4.74 Å². The predicted octanol–water partition coefficient (Wildman–Crippen LogP) is 3.67. The van der Waals surface area contributed by atoms with Crippen LogP contribution in [0.2, 0.25) is 10.3 Å². The predicted molar refractivity (Wildman–Crippen MR) is 99.3 cm³/mol. The van der Waals surface area contributed by atoms with Crippen molar-refractivity contribution < 1.29 is 17.9 Å². The first kappa shape index (κ1) is 20.4. The van der Waals surface area contributed by atoms with Gasteiger partial charge in [-0.15, -0.1) is 0 Å². The summed E-state index contributed by atoms with van der Waals surface area (Å²) in [6.07, 6.45) is 0. The SMILES string of the molecule is COC(=O)c1cccc(S(=O)(=O)Nc2nc(Cl)c(C(C)(C)C)c(Cl)n2)c1. The van der Waals surface area contributed by atoms with E-state index in [1.54, 1.807) is 0 Å². The molecule has 1 N–H and O–H groups in total. The third-order valence-electron chi connectivity index (χ3n) is 3.36. The van der Waals surface area contributed by atoms with E-state index in [0.29, 0.717) is 5.56 Å². The number of sulfonamides is 1. The normalized spacial score (nSPS) is 11.9. The molecular formula is C16H17Cl2N3O4S. The second-order valence-corrected chi connectivity index (χ2v) is 8.78. The van der Waals surface area contributed by atoms with Crippen LogP contribution in [0.5, 0.6) is 0 Å². The summed E-state index contributed by atoms with van der Waals surface area (Å²) in [5, 5.41) is 0.108. The van der Waals surface area contributed by atoms with Gasteiger partial charge in [0, 0.05) is 5.56 Å². The fourth-order valence-corrected chi connectivity index (χ4v) is 4.10. The van der Waals surface area contributed by atoms with Gasteiger partial charge in [-0.3, -0.25) is 0 Å². The number of carbonyl (C=O) groups is 1. The molecule has 0 aliphatic heterocycles. The number of carbonyl (C=O) groups excluding carboxylic acids is 1. The Kier molecular flexibility index (Phi) is 5.79. The van der Waals surface area contributed by atoms with Crippen molar-refractivity contribution in [3.8, 4) is 0 Å². The van der Waals surface area contributed by atoms with Crippen molar-refractivity contribution >= 4 is 45.1 Å². The number of nitrogens with zero attached hydrogens (tertiary/aromatic N) is 2. The van der Waals surface area contributed by atoms with Gasteiger partial charge in [0.25, 0.3) is 10.0 Å². The van der Waals surface area contributed by atoms with E-state index in [4.69, 9.17) is 23.2 Å². The average molecular weight is 418 g/mol. The average Bonchev–Trinajstić information content (AvgIpc) is 2.51. The monoisotopic (exact) mass is 417 g/mol. The molecule has 0 fully saturated rings. The summed E-state index contributed by atoms with van der Waals surface area (Å²) < 4.78 is 31.9. The molecule has 10 heteroatoms. The molecule has 0 unspecified atom stereocenters. The van der Waals surface area contributed by atoms with Gasteiger partial charge in [0.15, 0.2) is 0 Å². The summed E-state index contributed by atoms with van der Waals surface area (Å²) in [6.45, 7) is 5.64. The number of esters is 1. The summed E-state index contributed by atoms with van der Waals surface area (Å²) in [4.78, 5) is 19.4. The van der Waals surface area contributed by atoms with Crippen LogP contribution in [0.1, 0.15) is 36.7 Å². The summed E-state index contributed by atoms with van der Waals surface area (Å²) in [7, 11) is -2.85. The highest BCUT2D eigenvalue weighted by Gasteiger charge is 2.25. The van der Waals surface area contributed by atoms with Crippen molar-refractivity contribution in [3.05, 3.63) is 45.7 Å². The topological polar surface area (TPSA) is 98.2 Å². The lowest BCUT2D eigenvalue weighted by molar-refractivity contribution is 0.0600. The van der Waals surface area contributed by atoms with E-state index in [-0.39, 0.29) is 26.7 Å². The molecule has 7 nitrogen and oxygen atoms in total. The fraction of sp³-hybridized carbons (Fsp3) is 0.312. The Balaban J connectivity index is 2.40. The quantitative estimate of drug-likeness (QED) is 0.601. The minimum Gasteiger partial charge on any atom is -0.465 e. The van der Waals surface area contributed by atoms with E-state index in [2.05, 4.69) is 19.4 Å². The second kappa shape index (κ2) is 7.38. The Hall–Kier alpha value is -1.90. The van der Waals surface area contributed by atoms with Gasteiger partial charge in [-0.05, 0) is 23.6 Å². The number of methoxy groups -OCH3 is 1. The molecule has 2 rings (SSSR count). The van der Waals surface area contributed by atoms with Gasteiger partial charge >= 0.3 is 5.97 Å². The standard InChI is InChI=1S/C16H17Cl2N3O4S/c1-16(2,3)11-12(17)19-15(20-13(11)18)21-26(23,24)10-7-5-6-9(8-10)14(22)25-4/h5-8H,1-4H3,(H,19,20,21). The minimum absolute atomic E-state index is 0.0542. The Labute approximate surface area is 161 Å². The van der Waals surface area contributed by atoms with E-state index in [9.17, 15) is 13.2 Å². The molecule has 26 heavy (non-hydrogen) atoms. The van der Waals surface area contributed by atoms with Gasteiger partial charge in [-0.25, -0.2) is 17.9 Å². The summed E-state index contributed by atoms with van der Waals surface area (Å²) >= 11 is 12.3. The maximum absolute atomic E-state index is 12.5. The van der Waals surface area contributed by atoms with Crippen LogP contribution in [0.25, 0.3) is 0 Å². The van der Waals surface area contributed by atoms with Crippen molar-refractivity contribution in [2.24, 2.45) is 0 Å². The lowest BCUT2D eigenvalue weighted by atomic mass is 9.89. The molecule has 0 aliphatic rings. The van der Waals surface area contributed by atoms with Crippen LogP contribution in [0.3, 0.4) is 0 Å². The molecule has 2 aromatic rings. The number of hydrogen-bond donors (Lipinski definition) is 1. The number of anilines is 1.